The summed E-state index contributed by atoms with van der Waals surface area (Å²) in [7, 11) is 0. The highest BCUT2D eigenvalue weighted by Gasteiger charge is 2.26. The third-order valence-corrected chi connectivity index (χ3v) is 2.38. The Morgan fingerprint density at radius 3 is 2.86 bits per heavy atom. The second kappa shape index (κ2) is 4.22. The summed E-state index contributed by atoms with van der Waals surface area (Å²) in [6, 6.07) is 8.04. The summed E-state index contributed by atoms with van der Waals surface area (Å²) >= 11 is 0. The lowest BCUT2D eigenvalue weighted by atomic mass is 10.1. The molecule has 1 fully saturated rings. The van der Waals surface area contributed by atoms with Gasteiger partial charge in [0.05, 0.1) is 0 Å². The van der Waals surface area contributed by atoms with Crippen molar-refractivity contribution in [2.24, 2.45) is 5.18 Å². The van der Waals surface area contributed by atoms with Crippen LogP contribution in [0.4, 0.5) is 0 Å². The van der Waals surface area contributed by atoms with Gasteiger partial charge in [-0.1, -0.05) is 23.4 Å². The fourth-order valence-corrected chi connectivity index (χ4v) is 1.54. The van der Waals surface area contributed by atoms with E-state index in [-0.39, 0.29) is 6.54 Å². The van der Waals surface area contributed by atoms with Crippen molar-refractivity contribution in [3.8, 4) is 5.75 Å². The van der Waals surface area contributed by atoms with Crippen molar-refractivity contribution in [2.75, 3.05) is 13.2 Å². The van der Waals surface area contributed by atoms with E-state index in [1.807, 2.05) is 18.2 Å². The Morgan fingerprint density at radius 1 is 1.36 bits per heavy atom. The standard InChI is InChI=1S/C11H13NO2/c13-12-7-8-14-11-4-2-1-3-10(11)9-5-6-9/h1-4,9H,5-8H2. The molecule has 1 aliphatic carbocycles. The summed E-state index contributed by atoms with van der Waals surface area (Å²) in [5.74, 6) is 1.59. The lowest BCUT2D eigenvalue weighted by molar-refractivity contribution is 0.325. The monoisotopic (exact) mass is 191 g/mol. The zero-order valence-corrected chi connectivity index (χ0v) is 7.98. The minimum Gasteiger partial charge on any atom is -0.491 e. The Bertz CT molecular complexity index is 321. The number of benzene rings is 1. The van der Waals surface area contributed by atoms with Crippen molar-refractivity contribution >= 4 is 0 Å². The van der Waals surface area contributed by atoms with Gasteiger partial charge in [0.2, 0.25) is 0 Å². The van der Waals surface area contributed by atoms with Crippen LogP contribution >= 0.6 is 0 Å². The van der Waals surface area contributed by atoms with Gasteiger partial charge in [-0.3, -0.25) is 0 Å². The molecular weight excluding hydrogens is 178 g/mol. The Kier molecular flexibility index (Phi) is 2.77. The molecule has 0 bridgehead atoms. The molecule has 74 valence electrons. The summed E-state index contributed by atoms with van der Waals surface area (Å²) < 4.78 is 5.49. The van der Waals surface area contributed by atoms with E-state index in [2.05, 4.69) is 11.2 Å². The maximum Gasteiger partial charge on any atom is 0.122 e. The molecule has 3 nitrogen and oxygen atoms in total. The number of ether oxygens (including phenoxy) is 1. The normalized spacial score (nSPS) is 15.1. The molecule has 0 amide bonds. The Balaban J connectivity index is 2.03. The first-order valence-corrected chi connectivity index (χ1v) is 4.92. The maximum atomic E-state index is 9.90. The van der Waals surface area contributed by atoms with Gasteiger partial charge in [-0.05, 0) is 30.4 Å². The molecule has 14 heavy (non-hydrogen) atoms. The van der Waals surface area contributed by atoms with Gasteiger partial charge >= 0.3 is 0 Å². The van der Waals surface area contributed by atoms with Crippen LogP contribution in [0.25, 0.3) is 0 Å². The van der Waals surface area contributed by atoms with Gasteiger partial charge in [0.1, 0.15) is 18.9 Å². The van der Waals surface area contributed by atoms with Crippen molar-refractivity contribution < 1.29 is 4.74 Å². The predicted octanol–water partition coefficient (Wildman–Crippen LogP) is 2.71. The molecule has 0 aliphatic heterocycles. The average Bonchev–Trinajstić information content (AvgIpc) is 3.03. The molecule has 0 atom stereocenters. The van der Waals surface area contributed by atoms with Crippen molar-refractivity contribution in [1.82, 2.24) is 0 Å². The van der Waals surface area contributed by atoms with Crippen LogP contribution in [0.3, 0.4) is 0 Å². The second-order valence-electron chi connectivity index (χ2n) is 3.51. The summed E-state index contributed by atoms with van der Waals surface area (Å²) in [5.41, 5.74) is 1.28. The van der Waals surface area contributed by atoms with E-state index in [1.54, 1.807) is 0 Å². The molecule has 0 aromatic heterocycles. The van der Waals surface area contributed by atoms with Gasteiger partial charge in [0.25, 0.3) is 0 Å². The lowest BCUT2D eigenvalue weighted by Crippen LogP contribution is -2.02. The van der Waals surface area contributed by atoms with Gasteiger partial charge in [-0.15, -0.1) is 0 Å². The zero-order chi connectivity index (χ0) is 9.80. The molecule has 1 aromatic carbocycles. The van der Waals surface area contributed by atoms with Crippen LogP contribution in [0.5, 0.6) is 5.75 Å². The predicted molar refractivity (Wildman–Crippen MR) is 54.6 cm³/mol. The van der Waals surface area contributed by atoms with Crippen molar-refractivity contribution in [2.45, 2.75) is 18.8 Å². The quantitative estimate of drug-likeness (QED) is 0.530. The van der Waals surface area contributed by atoms with E-state index in [4.69, 9.17) is 4.74 Å². The summed E-state index contributed by atoms with van der Waals surface area (Å²) in [6.45, 7) is 0.603. The van der Waals surface area contributed by atoms with Gasteiger partial charge in [-0.2, -0.15) is 4.91 Å². The maximum absolute atomic E-state index is 9.90. The van der Waals surface area contributed by atoms with Crippen LogP contribution in [-0.2, 0) is 0 Å². The molecule has 0 saturated heterocycles. The zero-order valence-electron chi connectivity index (χ0n) is 7.98. The van der Waals surface area contributed by atoms with Crippen LogP contribution in [0, 0.1) is 4.91 Å². The number of hydrogen-bond donors (Lipinski definition) is 0. The molecule has 1 aromatic rings. The van der Waals surface area contributed by atoms with Crippen LogP contribution in [-0.4, -0.2) is 13.2 Å². The summed E-state index contributed by atoms with van der Waals surface area (Å²) in [6.07, 6.45) is 2.51. The molecule has 0 radical (unpaired) electrons. The van der Waals surface area contributed by atoms with Crippen molar-refractivity contribution in [1.29, 1.82) is 0 Å². The fraction of sp³-hybridized carbons (Fsp3) is 0.455. The van der Waals surface area contributed by atoms with E-state index >= 15 is 0 Å². The van der Waals surface area contributed by atoms with Crippen LogP contribution < -0.4 is 4.74 Å². The Labute approximate surface area is 83.1 Å². The van der Waals surface area contributed by atoms with E-state index in [0.29, 0.717) is 12.5 Å². The SMILES string of the molecule is O=NCCOc1ccccc1C1CC1. The van der Waals surface area contributed by atoms with Crippen LogP contribution in [0.15, 0.2) is 29.4 Å². The Morgan fingerprint density at radius 2 is 2.14 bits per heavy atom. The average molecular weight is 191 g/mol. The van der Waals surface area contributed by atoms with Crippen LogP contribution in [0.2, 0.25) is 0 Å². The molecular formula is C11H13NO2. The molecule has 2 rings (SSSR count). The lowest BCUT2D eigenvalue weighted by Gasteiger charge is -2.08. The number of rotatable bonds is 5. The highest BCUT2D eigenvalue weighted by atomic mass is 16.5. The molecule has 1 saturated carbocycles. The van der Waals surface area contributed by atoms with Gasteiger partial charge in [-0.25, -0.2) is 0 Å². The number of nitrogens with zero attached hydrogens (tertiary/aromatic N) is 1. The smallest absolute Gasteiger partial charge is 0.122 e. The van der Waals surface area contributed by atoms with E-state index in [0.717, 1.165) is 5.75 Å². The van der Waals surface area contributed by atoms with Crippen molar-refractivity contribution in [3.63, 3.8) is 0 Å². The molecule has 0 unspecified atom stereocenters. The number of para-hydroxylation sites is 1. The minimum atomic E-state index is 0.221. The van der Waals surface area contributed by atoms with E-state index < -0.39 is 0 Å². The van der Waals surface area contributed by atoms with E-state index in [1.165, 1.54) is 18.4 Å². The molecule has 1 aliphatic rings. The van der Waals surface area contributed by atoms with Gasteiger partial charge < -0.3 is 4.74 Å². The number of nitroso groups, excluding NO2 is 1. The first-order valence-electron chi connectivity index (χ1n) is 4.92. The largest absolute Gasteiger partial charge is 0.491 e. The molecule has 0 heterocycles. The fourth-order valence-electron chi connectivity index (χ4n) is 1.54. The van der Waals surface area contributed by atoms with Gasteiger partial charge in [0.15, 0.2) is 0 Å². The van der Waals surface area contributed by atoms with Gasteiger partial charge in [0, 0.05) is 0 Å². The third-order valence-electron chi connectivity index (χ3n) is 2.38. The number of hydrogen-bond acceptors (Lipinski definition) is 3. The molecule has 0 spiro atoms. The molecule has 0 N–H and O–H groups in total. The summed E-state index contributed by atoms with van der Waals surface area (Å²) in [5, 5.41) is 2.77. The first-order chi connectivity index (χ1) is 6.92. The van der Waals surface area contributed by atoms with Crippen molar-refractivity contribution in [3.05, 3.63) is 34.7 Å². The topological polar surface area (TPSA) is 38.7 Å². The second-order valence-corrected chi connectivity index (χ2v) is 3.51. The van der Waals surface area contributed by atoms with Crippen LogP contribution in [0.1, 0.15) is 24.3 Å². The first kappa shape index (κ1) is 9.19. The third kappa shape index (κ3) is 2.10. The van der Waals surface area contributed by atoms with E-state index in [9.17, 15) is 4.91 Å². The Hall–Kier alpha value is -1.38. The highest BCUT2D eigenvalue weighted by Crippen LogP contribution is 2.44. The highest BCUT2D eigenvalue weighted by molar-refractivity contribution is 5.38. The summed E-state index contributed by atoms with van der Waals surface area (Å²) in [4.78, 5) is 9.90. The molecule has 3 heteroatoms. The minimum absolute atomic E-state index is 0.221.